The third kappa shape index (κ3) is 26.3. The molecule has 0 radical (unpaired) electrons. The smallest absolute Gasteiger partial charge is 0.226 e. The van der Waals surface area contributed by atoms with Crippen molar-refractivity contribution in [2.24, 2.45) is 70.8 Å². The van der Waals surface area contributed by atoms with Crippen molar-refractivity contribution in [1.82, 2.24) is 79.8 Å². The zero-order valence-corrected chi connectivity index (χ0v) is 59.6. The first-order valence-electron chi connectivity index (χ1n) is 36.3. The number of nitrogens with one attached hydrogen (secondary N) is 15. The standard InChI is InChI=1S/C69H120N16O12/c1-36(2)18-42(23-59(70)87)76-66(94)49-28-71-32-55(49)82-62(90)26-44(20-38(5)6)77-64(92)48-15-13-17-54(48)84-69(97)51-30-73-34-57(51)83-63(91)27-46(22-40(9)10)79-68(96)52-31-74-35-58(52)85-65(93)47-14-12-16-53(47)80-60(88)25-45(21-39(7)8)78-67(95)50-29-72-33-56(50)81-61(89)24-43(19-37(3)4)75-41(11)86/h36-40,42-58,71-74H,12-35H2,1-11H3,(H2,70,87)(H,75,86)(H,76,94)(H,77,92)(H,78,95)(H,79,96)(H,80,88)(H,81,89)(H,82,90)(H,83,91)(H,84,97)(H,85,93)/t42-,43-,44-,45-,46-,47-,48-,49-,50-,51-,52-,53-,54-,55-,56-,57-,58-/m0/s1. The molecule has 6 fully saturated rings. The molecule has 28 heteroatoms. The number of rotatable bonds is 37. The second-order valence-corrected chi connectivity index (χ2v) is 30.9. The van der Waals surface area contributed by atoms with Crippen LogP contribution in [0.15, 0.2) is 0 Å². The third-order valence-corrected chi connectivity index (χ3v) is 19.7. The SMILES string of the molecule is CC(=O)N[C@H](CC(=O)N[C@H]1CNC[C@@H]1C(=O)N[C@H](CC(=O)N[C@H]1CCC[C@@H]1C(=O)N[C@H]1CNC[C@@H]1C(=O)N[C@H](CC(=O)N[C@H]1CNC[C@@H]1C(=O)N[C@H]1CCC[C@@H]1C(=O)N[C@H](CC(=O)N[C@H]1CNC[C@@H]1C(=O)N[C@H](CC(N)=O)CC(C)C)CC(C)C)CC(C)C)CC(C)C)CC(C)C. The fourth-order valence-corrected chi connectivity index (χ4v) is 15.4. The summed E-state index contributed by atoms with van der Waals surface area (Å²) in [6, 6.07) is -5.40. The first kappa shape index (κ1) is 79.5. The zero-order chi connectivity index (χ0) is 71.2. The van der Waals surface area contributed by atoms with Gasteiger partial charge in [-0.3, -0.25) is 57.5 Å². The lowest BCUT2D eigenvalue weighted by atomic mass is 9.95. The molecule has 17 N–H and O–H groups in total. The second kappa shape index (κ2) is 38.7. The molecular weight excluding hydrogens is 1240 g/mol. The number of amides is 12. The lowest BCUT2D eigenvalue weighted by molar-refractivity contribution is -0.131. The minimum absolute atomic E-state index is 0.0115. The average Bonchev–Trinajstić information content (AvgIpc) is 1.74. The predicted octanol–water partition coefficient (Wildman–Crippen LogP) is -0.517. The topological polar surface area (TPSA) is 411 Å². The summed E-state index contributed by atoms with van der Waals surface area (Å²) in [5, 5.41) is 46.5. The van der Waals surface area contributed by atoms with E-state index >= 15 is 0 Å². The molecule has 28 nitrogen and oxygen atoms in total. The number of hydrogen-bond acceptors (Lipinski definition) is 16. The van der Waals surface area contributed by atoms with Gasteiger partial charge >= 0.3 is 0 Å². The van der Waals surface area contributed by atoms with Crippen molar-refractivity contribution < 1.29 is 57.5 Å². The van der Waals surface area contributed by atoms with Crippen LogP contribution in [-0.4, -0.2) is 190 Å². The molecule has 0 aromatic carbocycles. The van der Waals surface area contributed by atoms with Gasteiger partial charge in [0.25, 0.3) is 0 Å². The minimum atomic E-state index is -0.654. The van der Waals surface area contributed by atoms with Crippen LogP contribution < -0.4 is 85.5 Å². The molecule has 2 aliphatic carbocycles. The van der Waals surface area contributed by atoms with Gasteiger partial charge in [-0.2, -0.15) is 0 Å². The van der Waals surface area contributed by atoms with Crippen molar-refractivity contribution in [3.05, 3.63) is 0 Å². The number of hydrogen-bond donors (Lipinski definition) is 16. The molecule has 0 aromatic rings. The normalized spacial score (nSPS) is 27.0. The molecule has 0 aromatic heterocycles. The van der Waals surface area contributed by atoms with E-state index < -0.39 is 102 Å². The minimum Gasteiger partial charge on any atom is -0.370 e. The number of nitrogens with two attached hydrogens (primary N) is 1. The van der Waals surface area contributed by atoms with Crippen molar-refractivity contribution in [2.75, 3.05) is 52.4 Å². The number of carbonyl (C=O) groups is 12. The van der Waals surface area contributed by atoms with E-state index in [2.05, 4.69) is 79.8 Å². The maximum Gasteiger partial charge on any atom is 0.226 e. The molecule has 17 atom stereocenters. The van der Waals surface area contributed by atoms with Crippen molar-refractivity contribution in [3.8, 4) is 0 Å². The van der Waals surface area contributed by atoms with E-state index in [0.717, 1.165) is 0 Å². The molecule has 0 unspecified atom stereocenters. The highest BCUT2D eigenvalue weighted by molar-refractivity contribution is 5.89. The lowest BCUT2D eigenvalue weighted by Crippen LogP contribution is -2.53. The van der Waals surface area contributed by atoms with E-state index in [1.165, 1.54) is 6.92 Å². The van der Waals surface area contributed by atoms with Crippen LogP contribution in [0.25, 0.3) is 0 Å². The van der Waals surface area contributed by atoms with Crippen LogP contribution in [0.4, 0.5) is 0 Å². The largest absolute Gasteiger partial charge is 0.370 e. The Morgan fingerprint density at radius 2 is 0.557 bits per heavy atom. The summed E-state index contributed by atoms with van der Waals surface area (Å²) in [7, 11) is 0. The molecule has 12 amide bonds. The Morgan fingerprint density at radius 1 is 0.309 bits per heavy atom. The molecule has 4 aliphatic heterocycles. The van der Waals surface area contributed by atoms with Gasteiger partial charge in [-0.15, -0.1) is 0 Å². The van der Waals surface area contributed by atoms with Crippen LogP contribution in [0.2, 0.25) is 0 Å². The molecule has 97 heavy (non-hydrogen) atoms. The zero-order valence-electron chi connectivity index (χ0n) is 59.6. The van der Waals surface area contributed by atoms with E-state index in [1.54, 1.807) is 0 Å². The van der Waals surface area contributed by atoms with Gasteiger partial charge in [0.15, 0.2) is 0 Å². The highest BCUT2D eigenvalue weighted by Gasteiger charge is 2.44. The van der Waals surface area contributed by atoms with E-state index in [9.17, 15) is 57.5 Å². The molecule has 6 aliphatic rings. The quantitative estimate of drug-likeness (QED) is 0.0372. The highest BCUT2D eigenvalue weighted by atomic mass is 16.2. The van der Waals surface area contributed by atoms with Crippen molar-refractivity contribution >= 4 is 70.9 Å². The first-order chi connectivity index (χ1) is 45.9. The molecule has 548 valence electrons. The van der Waals surface area contributed by atoms with Crippen LogP contribution in [0.1, 0.15) is 179 Å². The summed E-state index contributed by atoms with van der Waals surface area (Å²) in [4.78, 5) is 162. The number of primary amides is 1. The van der Waals surface area contributed by atoms with Gasteiger partial charge in [0.1, 0.15) is 0 Å². The number of carbonyl (C=O) groups excluding carboxylic acids is 12. The van der Waals surface area contributed by atoms with Gasteiger partial charge < -0.3 is 85.5 Å². The third-order valence-electron chi connectivity index (χ3n) is 19.7. The molecule has 4 saturated heterocycles. The molecular formula is C69H120N16O12. The van der Waals surface area contributed by atoms with E-state index in [4.69, 9.17) is 5.73 Å². The first-order valence-corrected chi connectivity index (χ1v) is 36.3. The lowest BCUT2D eigenvalue weighted by Gasteiger charge is -2.28. The Labute approximate surface area is 574 Å². The average molecular weight is 1370 g/mol. The molecule has 6 rings (SSSR count). The summed E-state index contributed by atoms with van der Waals surface area (Å²) in [5.74, 6) is -6.35. The van der Waals surface area contributed by atoms with E-state index in [0.29, 0.717) is 123 Å². The summed E-state index contributed by atoms with van der Waals surface area (Å²) >= 11 is 0. The fourth-order valence-electron chi connectivity index (χ4n) is 15.4. The van der Waals surface area contributed by atoms with Crippen LogP contribution in [0, 0.1) is 65.1 Å². The van der Waals surface area contributed by atoms with Crippen molar-refractivity contribution in [1.29, 1.82) is 0 Å². The molecule has 2 saturated carbocycles. The van der Waals surface area contributed by atoms with E-state index in [-0.39, 0.29) is 133 Å². The summed E-state index contributed by atoms with van der Waals surface area (Å²) in [6.45, 7) is 24.2. The molecule has 0 bridgehead atoms. The van der Waals surface area contributed by atoms with Crippen LogP contribution >= 0.6 is 0 Å². The van der Waals surface area contributed by atoms with Gasteiger partial charge in [-0.1, -0.05) is 82.1 Å². The summed E-state index contributed by atoms with van der Waals surface area (Å²) < 4.78 is 0. The van der Waals surface area contributed by atoms with Gasteiger partial charge in [-0.25, -0.2) is 0 Å². The highest BCUT2D eigenvalue weighted by Crippen LogP contribution is 2.30. The summed E-state index contributed by atoms with van der Waals surface area (Å²) in [6.07, 6.45) is 6.36. The Hall–Kier alpha value is -6.52. The molecule has 4 heterocycles. The van der Waals surface area contributed by atoms with E-state index in [1.807, 2.05) is 69.2 Å². The second-order valence-electron chi connectivity index (χ2n) is 30.9. The Balaban J connectivity index is 0.963. The fraction of sp³-hybridized carbons (Fsp3) is 0.826. The predicted molar refractivity (Wildman–Crippen MR) is 367 cm³/mol. The van der Waals surface area contributed by atoms with Crippen molar-refractivity contribution in [2.45, 2.75) is 245 Å². The van der Waals surface area contributed by atoms with Crippen molar-refractivity contribution in [3.63, 3.8) is 0 Å². The van der Waals surface area contributed by atoms with Gasteiger partial charge in [0, 0.05) is 134 Å². The maximum atomic E-state index is 14.2. The Kier molecular flexibility index (Phi) is 31.7. The van der Waals surface area contributed by atoms with Gasteiger partial charge in [0.05, 0.1) is 59.7 Å². The maximum absolute atomic E-state index is 14.2. The Bertz CT molecular complexity index is 2700. The van der Waals surface area contributed by atoms with Crippen LogP contribution in [0.5, 0.6) is 0 Å². The molecule has 0 spiro atoms. The monoisotopic (exact) mass is 1360 g/mol. The van der Waals surface area contributed by atoms with Crippen LogP contribution in [0.3, 0.4) is 0 Å². The van der Waals surface area contributed by atoms with Gasteiger partial charge in [-0.05, 0) is 87.4 Å². The Morgan fingerprint density at radius 3 is 0.876 bits per heavy atom. The van der Waals surface area contributed by atoms with Gasteiger partial charge in [0.2, 0.25) is 70.9 Å². The van der Waals surface area contributed by atoms with Crippen LogP contribution in [-0.2, 0) is 57.5 Å². The summed E-state index contributed by atoms with van der Waals surface area (Å²) in [5.41, 5.74) is 5.48.